The standard InChI is InChI=1S/C14H19N3O2/c1-11(2)19-9-8-16(3)14-12(10-18)17-7-5-4-6-13(17)15-14/h4-7,10-11H,8-9H2,1-3H3. The van der Waals surface area contributed by atoms with E-state index in [2.05, 4.69) is 4.98 Å². The number of imidazole rings is 1. The highest BCUT2D eigenvalue weighted by Crippen LogP contribution is 2.18. The number of pyridine rings is 1. The van der Waals surface area contributed by atoms with Crippen LogP contribution in [0, 0.1) is 0 Å². The summed E-state index contributed by atoms with van der Waals surface area (Å²) in [5.74, 6) is 0.688. The molecule has 0 bridgehead atoms. The normalized spacial score (nSPS) is 11.2. The van der Waals surface area contributed by atoms with Crippen molar-refractivity contribution in [1.29, 1.82) is 0 Å². The molecule has 0 aliphatic carbocycles. The van der Waals surface area contributed by atoms with Gasteiger partial charge in [-0.15, -0.1) is 0 Å². The van der Waals surface area contributed by atoms with Crippen molar-refractivity contribution >= 4 is 17.8 Å². The topological polar surface area (TPSA) is 46.8 Å². The van der Waals surface area contributed by atoms with Gasteiger partial charge in [-0.05, 0) is 26.0 Å². The highest BCUT2D eigenvalue weighted by molar-refractivity contribution is 5.83. The van der Waals surface area contributed by atoms with Crippen LogP contribution in [0.4, 0.5) is 5.82 Å². The molecule has 19 heavy (non-hydrogen) atoms. The molecule has 0 unspecified atom stereocenters. The molecule has 5 nitrogen and oxygen atoms in total. The summed E-state index contributed by atoms with van der Waals surface area (Å²) < 4.78 is 7.31. The van der Waals surface area contributed by atoms with Gasteiger partial charge in [-0.25, -0.2) is 4.98 Å². The van der Waals surface area contributed by atoms with E-state index in [9.17, 15) is 4.79 Å². The Bertz CT molecular complexity index is 563. The fourth-order valence-electron chi connectivity index (χ4n) is 1.92. The highest BCUT2D eigenvalue weighted by Gasteiger charge is 2.14. The van der Waals surface area contributed by atoms with E-state index in [1.807, 2.05) is 50.2 Å². The molecule has 0 saturated heterocycles. The maximum Gasteiger partial charge on any atom is 0.170 e. The lowest BCUT2D eigenvalue weighted by atomic mass is 10.4. The SMILES string of the molecule is CC(C)OCCN(C)c1nc2ccccn2c1C=O. The second-order valence-electron chi connectivity index (χ2n) is 4.71. The molecular weight excluding hydrogens is 242 g/mol. The molecule has 2 rings (SSSR count). The summed E-state index contributed by atoms with van der Waals surface area (Å²) in [5, 5.41) is 0. The summed E-state index contributed by atoms with van der Waals surface area (Å²) in [4.78, 5) is 17.7. The van der Waals surface area contributed by atoms with Gasteiger partial charge in [0.2, 0.25) is 0 Å². The number of likely N-dealkylation sites (N-methyl/N-ethyl adjacent to an activating group) is 1. The number of carbonyl (C=O) groups is 1. The molecular formula is C14H19N3O2. The molecule has 0 spiro atoms. The van der Waals surface area contributed by atoms with Gasteiger partial charge in [0, 0.05) is 19.8 Å². The molecule has 2 aromatic heterocycles. The van der Waals surface area contributed by atoms with E-state index in [-0.39, 0.29) is 6.10 Å². The Kier molecular flexibility index (Phi) is 4.16. The van der Waals surface area contributed by atoms with E-state index >= 15 is 0 Å². The number of anilines is 1. The van der Waals surface area contributed by atoms with Crippen LogP contribution in [0.2, 0.25) is 0 Å². The fourth-order valence-corrected chi connectivity index (χ4v) is 1.92. The van der Waals surface area contributed by atoms with E-state index in [0.717, 1.165) is 11.9 Å². The minimum atomic E-state index is 0.208. The summed E-state index contributed by atoms with van der Waals surface area (Å²) in [6, 6.07) is 5.67. The van der Waals surface area contributed by atoms with E-state index in [0.29, 0.717) is 24.7 Å². The van der Waals surface area contributed by atoms with Gasteiger partial charge >= 0.3 is 0 Å². The Morgan fingerprint density at radius 1 is 1.47 bits per heavy atom. The zero-order valence-electron chi connectivity index (χ0n) is 11.5. The largest absolute Gasteiger partial charge is 0.377 e. The monoisotopic (exact) mass is 261 g/mol. The van der Waals surface area contributed by atoms with Crippen LogP contribution in [0.15, 0.2) is 24.4 Å². The van der Waals surface area contributed by atoms with Gasteiger partial charge < -0.3 is 9.64 Å². The van der Waals surface area contributed by atoms with E-state index in [1.54, 1.807) is 4.40 Å². The van der Waals surface area contributed by atoms with Crippen molar-refractivity contribution in [3.8, 4) is 0 Å². The molecule has 0 radical (unpaired) electrons. The Morgan fingerprint density at radius 2 is 2.26 bits per heavy atom. The van der Waals surface area contributed by atoms with Crippen molar-refractivity contribution in [2.45, 2.75) is 20.0 Å². The van der Waals surface area contributed by atoms with Gasteiger partial charge in [0.05, 0.1) is 12.7 Å². The maximum atomic E-state index is 11.3. The van der Waals surface area contributed by atoms with Crippen LogP contribution < -0.4 is 4.90 Å². The third-order valence-corrected chi connectivity index (χ3v) is 2.90. The quantitative estimate of drug-likeness (QED) is 0.746. The molecule has 102 valence electrons. The Balaban J connectivity index is 2.21. The number of fused-ring (bicyclic) bond motifs is 1. The molecule has 0 saturated carbocycles. The molecule has 0 aliphatic heterocycles. The van der Waals surface area contributed by atoms with Crippen molar-refractivity contribution in [2.24, 2.45) is 0 Å². The number of carbonyl (C=O) groups excluding carboxylic acids is 1. The van der Waals surface area contributed by atoms with Crippen LogP contribution in [0.1, 0.15) is 24.3 Å². The predicted molar refractivity (Wildman–Crippen MR) is 74.9 cm³/mol. The second kappa shape index (κ2) is 5.84. The predicted octanol–water partition coefficient (Wildman–Crippen LogP) is 2.01. The average molecular weight is 261 g/mol. The first-order chi connectivity index (χ1) is 9.13. The van der Waals surface area contributed by atoms with Crippen LogP contribution in [0.3, 0.4) is 0 Å². The van der Waals surface area contributed by atoms with Crippen LogP contribution in [-0.4, -0.2) is 42.0 Å². The molecule has 0 amide bonds. The van der Waals surface area contributed by atoms with E-state index in [4.69, 9.17) is 4.74 Å². The molecule has 2 heterocycles. The highest BCUT2D eigenvalue weighted by atomic mass is 16.5. The van der Waals surface area contributed by atoms with Gasteiger partial charge in [0.15, 0.2) is 12.1 Å². The van der Waals surface area contributed by atoms with Crippen molar-refractivity contribution < 1.29 is 9.53 Å². The minimum Gasteiger partial charge on any atom is -0.377 e. The van der Waals surface area contributed by atoms with Gasteiger partial charge in [0.25, 0.3) is 0 Å². The fraction of sp³-hybridized carbons (Fsp3) is 0.429. The average Bonchev–Trinajstić information content (AvgIpc) is 2.76. The van der Waals surface area contributed by atoms with Crippen LogP contribution in [-0.2, 0) is 4.74 Å². The summed E-state index contributed by atoms with van der Waals surface area (Å²) in [6.45, 7) is 5.31. The van der Waals surface area contributed by atoms with Crippen LogP contribution >= 0.6 is 0 Å². The zero-order valence-corrected chi connectivity index (χ0v) is 11.5. The Hall–Kier alpha value is -1.88. The number of hydrogen-bond donors (Lipinski definition) is 0. The summed E-state index contributed by atoms with van der Waals surface area (Å²) in [6.07, 6.45) is 2.89. The van der Waals surface area contributed by atoms with Gasteiger partial charge in [0.1, 0.15) is 11.3 Å². The number of hydrogen-bond acceptors (Lipinski definition) is 4. The first-order valence-corrected chi connectivity index (χ1v) is 6.38. The molecule has 5 heteroatoms. The molecule has 0 atom stereocenters. The molecule has 0 aliphatic rings. The number of ether oxygens (including phenoxy) is 1. The van der Waals surface area contributed by atoms with E-state index < -0.39 is 0 Å². The second-order valence-corrected chi connectivity index (χ2v) is 4.71. The first-order valence-electron chi connectivity index (χ1n) is 6.38. The van der Waals surface area contributed by atoms with Gasteiger partial charge in [-0.2, -0.15) is 0 Å². The van der Waals surface area contributed by atoms with Crippen molar-refractivity contribution in [2.75, 3.05) is 25.1 Å². The third-order valence-electron chi connectivity index (χ3n) is 2.90. The van der Waals surface area contributed by atoms with Crippen LogP contribution in [0.25, 0.3) is 5.65 Å². The van der Waals surface area contributed by atoms with Crippen molar-refractivity contribution in [1.82, 2.24) is 9.38 Å². The van der Waals surface area contributed by atoms with Crippen molar-refractivity contribution in [3.05, 3.63) is 30.1 Å². The summed E-state index contributed by atoms with van der Waals surface area (Å²) >= 11 is 0. The lowest BCUT2D eigenvalue weighted by molar-refractivity contribution is 0.0845. The summed E-state index contributed by atoms with van der Waals surface area (Å²) in [7, 11) is 1.92. The summed E-state index contributed by atoms with van der Waals surface area (Å²) in [5.41, 5.74) is 1.35. The number of aromatic nitrogens is 2. The Labute approximate surface area is 112 Å². The molecule has 0 aromatic carbocycles. The van der Waals surface area contributed by atoms with Crippen molar-refractivity contribution in [3.63, 3.8) is 0 Å². The maximum absolute atomic E-state index is 11.3. The molecule has 2 aromatic rings. The van der Waals surface area contributed by atoms with Gasteiger partial charge in [-0.1, -0.05) is 6.07 Å². The van der Waals surface area contributed by atoms with Gasteiger partial charge in [-0.3, -0.25) is 9.20 Å². The Morgan fingerprint density at radius 3 is 2.95 bits per heavy atom. The zero-order chi connectivity index (χ0) is 13.8. The van der Waals surface area contributed by atoms with E-state index in [1.165, 1.54) is 0 Å². The number of aldehydes is 1. The number of rotatable bonds is 6. The minimum absolute atomic E-state index is 0.208. The lowest BCUT2D eigenvalue weighted by Gasteiger charge is -2.18. The molecule has 0 fully saturated rings. The smallest absolute Gasteiger partial charge is 0.170 e. The number of nitrogens with zero attached hydrogens (tertiary/aromatic N) is 3. The lowest BCUT2D eigenvalue weighted by Crippen LogP contribution is -2.25. The van der Waals surface area contributed by atoms with Crippen LogP contribution in [0.5, 0.6) is 0 Å². The molecule has 0 N–H and O–H groups in total. The third kappa shape index (κ3) is 2.93. The first kappa shape index (κ1) is 13.5.